The summed E-state index contributed by atoms with van der Waals surface area (Å²) in [5.74, 6) is 1.90. The summed E-state index contributed by atoms with van der Waals surface area (Å²) in [6.07, 6.45) is 0.712. The molecular weight excluding hydrogens is 342 g/mol. The summed E-state index contributed by atoms with van der Waals surface area (Å²) in [5.41, 5.74) is 1.07. The first kappa shape index (κ1) is 18.9. The maximum atomic E-state index is 12.2. The van der Waals surface area contributed by atoms with Gasteiger partial charge in [-0.1, -0.05) is 17.7 Å². The summed E-state index contributed by atoms with van der Waals surface area (Å²) >= 11 is 5.82. The van der Waals surface area contributed by atoms with Gasteiger partial charge in [0.05, 0.1) is 14.2 Å². The monoisotopic (exact) mass is 363 g/mol. The Hall–Kier alpha value is -2.40. The molecule has 1 amide bonds. The highest BCUT2D eigenvalue weighted by Crippen LogP contribution is 2.27. The number of methoxy groups -OCH3 is 2. The van der Waals surface area contributed by atoms with Crippen LogP contribution in [-0.4, -0.2) is 45.2 Å². The van der Waals surface area contributed by atoms with Crippen molar-refractivity contribution >= 4 is 17.5 Å². The number of ether oxygens (including phenoxy) is 3. The van der Waals surface area contributed by atoms with E-state index in [1.165, 1.54) is 0 Å². The normalized spacial score (nSPS) is 10.2. The van der Waals surface area contributed by atoms with Gasteiger partial charge in [-0.3, -0.25) is 4.79 Å². The predicted octanol–water partition coefficient (Wildman–Crippen LogP) is 3.44. The molecule has 0 bridgehead atoms. The van der Waals surface area contributed by atoms with Crippen LogP contribution in [0.4, 0.5) is 0 Å². The van der Waals surface area contributed by atoms with Crippen molar-refractivity contribution in [2.24, 2.45) is 0 Å². The molecule has 25 heavy (non-hydrogen) atoms. The molecule has 0 unspecified atom stereocenters. The molecule has 0 N–H and O–H groups in total. The van der Waals surface area contributed by atoms with Crippen LogP contribution in [0, 0.1) is 0 Å². The molecule has 0 radical (unpaired) electrons. The Morgan fingerprint density at radius 3 is 2.36 bits per heavy atom. The van der Waals surface area contributed by atoms with E-state index in [9.17, 15) is 4.79 Å². The van der Waals surface area contributed by atoms with Gasteiger partial charge in [0.25, 0.3) is 5.91 Å². The average Bonchev–Trinajstić information content (AvgIpc) is 2.65. The summed E-state index contributed by atoms with van der Waals surface area (Å²) in [4.78, 5) is 13.8. The Morgan fingerprint density at radius 1 is 1.04 bits per heavy atom. The zero-order valence-corrected chi connectivity index (χ0v) is 15.4. The van der Waals surface area contributed by atoms with E-state index in [2.05, 4.69) is 0 Å². The first-order valence-electron chi connectivity index (χ1n) is 7.86. The second kappa shape index (κ2) is 9.18. The van der Waals surface area contributed by atoms with Crippen LogP contribution in [0.25, 0.3) is 0 Å². The Bertz CT molecular complexity index is 703. The predicted molar refractivity (Wildman–Crippen MR) is 97.8 cm³/mol. The van der Waals surface area contributed by atoms with Crippen LogP contribution in [0.1, 0.15) is 5.56 Å². The molecule has 134 valence electrons. The number of amides is 1. The van der Waals surface area contributed by atoms with Gasteiger partial charge in [0.1, 0.15) is 5.75 Å². The van der Waals surface area contributed by atoms with Crippen molar-refractivity contribution < 1.29 is 19.0 Å². The number of hydrogen-bond donors (Lipinski definition) is 0. The number of rotatable bonds is 8. The molecular formula is C19H22ClNO4. The van der Waals surface area contributed by atoms with Crippen molar-refractivity contribution in [2.75, 3.05) is 34.4 Å². The van der Waals surface area contributed by atoms with E-state index in [0.717, 1.165) is 5.56 Å². The molecule has 2 aromatic carbocycles. The fourth-order valence-electron chi connectivity index (χ4n) is 2.24. The van der Waals surface area contributed by atoms with Crippen LogP contribution in [0.3, 0.4) is 0 Å². The molecule has 0 saturated heterocycles. The largest absolute Gasteiger partial charge is 0.493 e. The number of benzene rings is 2. The van der Waals surface area contributed by atoms with Gasteiger partial charge in [-0.2, -0.15) is 0 Å². The zero-order chi connectivity index (χ0) is 18.2. The molecule has 0 aromatic heterocycles. The van der Waals surface area contributed by atoms with Crippen LogP contribution < -0.4 is 14.2 Å². The summed E-state index contributed by atoms with van der Waals surface area (Å²) in [5, 5.41) is 0.630. The molecule has 0 heterocycles. The van der Waals surface area contributed by atoms with Gasteiger partial charge >= 0.3 is 0 Å². The summed E-state index contributed by atoms with van der Waals surface area (Å²) in [6, 6.07) is 12.7. The van der Waals surface area contributed by atoms with E-state index >= 15 is 0 Å². The van der Waals surface area contributed by atoms with Gasteiger partial charge in [-0.05, 0) is 48.4 Å². The molecule has 2 rings (SSSR count). The molecule has 0 spiro atoms. The molecule has 6 heteroatoms. The molecule has 0 saturated carbocycles. The lowest BCUT2D eigenvalue weighted by atomic mass is 10.1. The number of halogens is 1. The third-order valence-electron chi connectivity index (χ3n) is 3.79. The van der Waals surface area contributed by atoms with E-state index in [4.69, 9.17) is 25.8 Å². The van der Waals surface area contributed by atoms with Crippen molar-refractivity contribution in [1.29, 1.82) is 0 Å². The van der Waals surface area contributed by atoms with Crippen molar-refractivity contribution in [3.8, 4) is 17.2 Å². The van der Waals surface area contributed by atoms with Crippen LogP contribution in [0.5, 0.6) is 17.2 Å². The minimum Gasteiger partial charge on any atom is -0.493 e. The third kappa shape index (κ3) is 5.57. The van der Waals surface area contributed by atoms with Gasteiger partial charge in [-0.15, -0.1) is 0 Å². The van der Waals surface area contributed by atoms with Gasteiger partial charge in [-0.25, -0.2) is 0 Å². The molecule has 0 aliphatic heterocycles. The quantitative estimate of drug-likeness (QED) is 0.721. The Kier molecular flexibility index (Phi) is 6.95. The lowest BCUT2D eigenvalue weighted by molar-refractivity contribution is -0.132. The Balaban J connectivity index is 1.83. The number of likely N-dealkylation sites (N-methyl/N-ethyl adjacent to an activating group) is 1. The van der Waals surface area contributed by atoms with E-state index in [1.54, 1.807) is 50.4 Å². The Morgan fingerprint density at radius 2 is 1.72 bits per heavy atom. The summed E-state index contributed by atoms with van der Waals surface area (Å²) in [7, 11) is 4.96. The lowest BCUT2D eigenvalue weighted by Gasteiger charge is -2.18. The maximum absolute atomic E-state index is 12.2. The van der Waals surface area contributed by atoms with Gasteiger partial charge in [0.2, 0.25) is 0 Å². The van der Waals surface area contributed by atoms with Crippen molar-refractivity contribution in [1.82, 2.24) is 4.90 Å². The topological polar surface area (TPSA) is 48.0 Å². The summed E-state index contributed by atoms with van der Waals surface area (Å²) in [6.45, 7) is 0.572. The molecule has 5 nitrogen and oxygen atoms in total. The van der Waals surface area contributed by atoms with Crippen LogP contribution >= 0.6 is 11.6 Å². The number of hydrogen-bond acceptors (Lipinski definition) is 4. The fraction of sp³-hybridized carbons (Fsp3) is 0.316. The van der Waals surface area contributed by atoms with E-state index in [0.29, 0.717) is 35.2 Å². The highest BCUT2D eigenvalue weighted by atomic mass is 35.5. The van der Waals surface area contributed by atoms with Gasteiger partial charge in [0, 0.05) is 18.6 Å². The van der Waals surface area contributed by atoms with Crippen molar-refractivity contribution in [2.45, 2.75) is 6.42 Å². The summed E-state index contributed by atoms with van der Waals surface area (Å²) < 4.78 is 16.0. The maximum Gasteiger partial charge on any atom is 0.260 e. The molecule has 0 aliphatic carbocycles. The highest BCUT2D eigenvalue weighted by molar-refractivity contribution is 6.30. The van der Waals surface area contributed by atoms with Crippen LogP contribution in [0.15, 0.2) is 42.5 Å². The van der Waals surface area contributed by atoms with E-state index < -0.39 is 0 Å². The third-order valence-corrected chi connectivity index (χ3v) is 4.04. The number of carbonyl (C=O) groups excluding carboxylic acids is 1. The van der Waals surface area contributed by atoms with Crippen molar-refractivity contribution in [3.63, 3.8) is 0 Å². The first-order chi connectivity index (χ1) is 12.0. The number of carbonyl (C=O) groups is 1. The lowest BCUT2D eigenvalue weighted by Crippen LogP contribution is -2.33. The van der Waals surface area contributed by atoms with Gasteiger partial charge in [0.15, 0.2) is 18.1 Å². The Labute approximate surface area is 153 Å². The minimum absolute atomic E-state index is 0.00986. The average molecular weight is 364 g/mol. The van der Waals surface area contributed by atoms with E-state index in [1.807, 2.05) is 18.2 Å². The second-order valence-electron chi connectivity index (χ2n) is 5.50. The minimum atomic E-state index is -0.0876. The van der Waals surface area contributed by atoms with E-state index in [-0.39, 0.29) is 12.5 Å². The van der Waals surface area contributed by atoms with Crippen LogP contribution in [0.2, 0.25) is 5.02 Å². The first-order valence-corrected chi connectivity index (χ1v) is 8.24. The SMILES string of the molecule is COc1ccc(CCN(C)C(=O)COc2ccc(Cl)cc2)cc1OC. The zero-order valence-electron chi connectivity index (χ0n) is 14.6. The molecule has 2 aromatic rings. The van der Waals surface area contributed by atoms with Gasteiger partial charge < -0.3 is 19.1 Å². The second-order valence-corrected chi connectivity index (χ2v) is 5.93. The molecule has 0 aliphatic rings. The van der Waals surface area contributed by atoms with Crippen LogP contribution in [-0.2, 0) is 11.2 Å². The standard InChI is InChI=1S/C19H22ClNO4/c1-21(19(22)13-25-16-7-5-15(20)6-8-16)11-10-14-4-9-17(23-2)18(12-14)24-3/h4-9,12H,10-11,13H2,1-3H3. The fourth-order valence-corrected chi connectivity index (χ4v) is 2.37. The smallest absolute Gasteiger partial charge is 0.260 e. The molecule has 0 fully saturated rings. The number of nitrogens with zero attached hydrogens (tertiary/aromatic N) is 1. The molecule has 0 atom stereocenters. The van der Waals surface area contributed by atoms with Crippen molar-refractivity contribution in [3.05, 3.63) is 53.1 Å². The highest BCUT2D eigenvalue weighted by Gasteiger charge is 2.11.